The fourth-order valence-corrected chi connectivity index (χ4v) is 3.72. The number of rotatable bonds is 1. The van der Waals surface area contributed by atoms with Crippen molar-refractivity contribution in [3.8, 4) is 0 Å². The molecule has 0 aromatic heterocycles. The van der Waals surface area contributed by atoms with Crippen molar-refractivity contribution in [1.82, 2.24) is 0 Å². The maximum atomic E-state index is 4.15. The summed E-state index contributed by atoms with van der Waals surface area (Å²) >= 11 is 0. The molecule has 15 heavy (non-hydrogen) atoms. The highest BCUT2D eigenvalue weighted by Gasteiger charge is 2.45. The fraction of sp³-hybridized carbons (Fsp3) is 0.733. The molecular formula is C15H24. The van der Waals surface area contributed by atoms with Crippen LogP contribution in [0.1, 0.15) is 52.9 Å². The van der Waals surface area contributed by atoms with E-state index >= 15 is 0 Å². The van der Waals surface area contributed by atoms with E-state index in [9.17, 15) is 0 Å². The van der Waals surface area contributed by atoms with Crippen molar-refractivity contribution in [2.45, 2.75) is 52.9 Å². The van der Waals surface area contributed by atoms with E-state index in [-0.39, 0.29) is 0 Å². The molecule has 0 radical (unpaired) electrons. The third kappa shape index (κ3) is 1.68. The number of hydrogen-bond donors (Lipinski definition) is 0. The minimum Gasteiger partial charge on any atom is -0.0999 e. The molecule has 0 bridgehead atoms. The lowest BCUT2D eigenvalue weighted by atomic mass is 9.64. The molecule has 0 aromatic carbocycles. The van der Waals surface area contributed by atoms with Gasteiger partial charge in [0.2, 0.25) is 0 Å². The summed E-state index contributed by atoms with van der Waals surface area (Å²) in [4.78, 5) is 0. The van der Waals surface area contributed by atoms with Crippen LogP contribution in [0.15, 0.2) is 23.8 Å². The summed E-state index contributed by atoms with van der Waals surface area (Å²) in [5, 5.41) is 0. The minimum absolute atomic E-state index is 0.544. The first kappa shape index (κ1) is 11.0. The maximum absolute atomic E-state index is 4.15. The second-order valence-electron chi connectivity index (χ2n) is 5.81. The number of hydrogen-bond acceptors (Lipinski definition) is 0. The Kier molecular flexibility index (Phi) is 2.79. The molecule has 0 N–H and O–H groups in total. The summed E-state index contributed by atoms with van der Waals surface area (Å²) in [5.74, 6) is 1.67. The van der Waals surface area contributed by atoms with Gasteiger partial charge in [0, 0.05) is 0 Å². The molecule has 3 atom stereocenters. The molecule has 0 saturated heterocycles. The minimum atomic E-state index is 0.544. The van der Waals surface area contributed by atoms with E-state index in [1.807, 2.05) is 0 Å². The summed E-state index contributed by atoms with van der Waals surface area (Å²) in [6.45, 7) is 11.2. The molecule has 0 nitrogen and oxygen atoms in total. The second kappa shape index (κ2) is 3.81. The van der Waals surface area contributed by atoms with Crippen LogP contribution in [0.4, 0.5) is 0 Å². The van der Waals surface area contributed by atoms with Crippen molar-refractivity contribution in [3.63, 3.8) is 0 Å². The Hall–Kier alpha value is -0.520. The van der Waals surface area contributed by atoms with Gasteiger partial charge in [-0.3, -0.25) is 0 Å². The van der Waals surface area contributed by atoms with Crippen LogP contribution in [0.2, 0.25) is 0 Å². The van der Waals surface area contributed by atoms with Crippen LogP contribution in [-0.4, -0.2) is 0 Å². The van der Waals surface area contributed by atoms with E-state index in [0.717, 1.165) is 11.8 Å². The molecule has 1 spiro atoms. The molecule has 84 valence electrons. The zero-order valence-electron chi connectivity index (χ0n) is 10.5. The third-order valence-corrected chi connectivity index (χ3v) is 5.03. The Morgan fingerprint density at radius 3 is 2.73 bits per heavy atom. The highest BCUT2D eigenvalue weighted by atomic mass is 14.5. The van der Waals surface area contributed by atoms with Gasteiger partial charge in [0.05, 0.1) is 0 Å². The van der Waals surface area contributed by atoms with Crippen LogP contribution in [0, 0.1) is 17.3 Å². The first-order valence-electron chi connectivity index (χ1n) is 6.39. The van der Waals surface area contributed by atoms with Crippen LogP contribution in [-0.2, 0) is 0 Å². The van der Waals surface area contributed by atoms with Gasteiger partial charge in [0.25, 0.3) is 0 Å². The summed E-state index contributed by atoms with van der Waals surface area (Å²) in [6, 6.07) is 0. The van der Waals surface area contributed by atoms with Crippen LogP contribution < -0.4 is 0 Å². The molecule has 0 amide bonds. The molecule has 1 fully saturated rings. The average Bonchev–Trinajstić information content (AvgIpc) is 2.61. The van der Waals surface area contributed by atoms with Gasteiger partial charge in [0.15, 0.2) is 0 Å². The Balaban J connectivity index is 2.23. The molecule has 0 unspecified atom stereocenters. The van der Waals surface area contributed by atoms with Gasteiger partial charge >= 0.3 is 0 Å². The molecule has 0 heterocycles. The Labute approximate surface area is 94.5 Å². The van der Waals surface area contributed by atoms with E-state index in [4.69, 9.17) is 0 Å². The van der Waals surface area contributed by atoms with Gasteiger partial charge in [-0.25, -0.2) is 0 Å². The van der Waals surface area contributed by atoms with E-state index in [1.165, 1.54) is 37.7 Å². The van der Waals surface area contributed by atoms with E-state index in [1.54, 1.807) is 5.57 Å². The monoisotopic (exact) mass is 204 g/mol. The third-order valence-electron chi connectivity index (χ3n) is 5.03. The van der Waals surface area contributed by atoms with Gasteiger partial charge in [-0.15, -0.1) is 0 Å². The van der Waals surface area contributed by atoms with Crippen molar-refractivity contribution in [2.75, 3.05) is 0 Å². The van der Waals surface area contributed by atoms with Gasteiger partial charge in [0.1, 0.15) is 0 Å². The molecule has 2 rings (SSSR count). The van der Waals surface area contributed by atoms with Gasteiger partial charge < -0.3 is 0 Å². The van der Waals surface area contributed by atoms with Crippen molar-refractivity contribution < 1.29 is 0 Å². The normalized spacial score (nSPS) is 40.6. The van der Waals surface area contributed by atoms with Crippen LogP contribution in [0.5, 0.6) is 0 Å². The first-order chi connectivity index (χ1) is 7.06. The predicted molar refractivity (Wildman–Crippen MR) is 66.7 cm³/mol. The smallest absolute Gasteiger partial charge is 0.00592 e. The molecule has 0 heteroatoms. The van der Waals surface area contributed by atoms with Crippen LogP contribution >= 0.6 is 0 Å². The van der Waals surface area contributed by atoms with Crippen LogP contribution in [0.25, 0.3) is 0 Å². The summed E-state index contributed by atoms with van der Waals surface area (Å²) in [7, 11) is 0. The van der Waals surface area contributed by atoms with E-state index in [0.29, 0.717) is 5.41 Å². The van der Waals surface area contributed by atoms with Gasteiger partial charge in [-0.1, -0.05) is 30.7 Å². The lowest BCUT2D eigenvalue weighted by molar-refractivity contribution is 0.204. The molecule has 1 saturated carbocycles. The van der Waals surface area contributed by atoms with Crippen molar-refractivity contribution >= 4 is 0 Å². The number of allylic oxidation sites excluding steroid dienone is 3. The Morgan fingerprint density at radius 1 is 1.47 bits per heavy atom. The molecule has 2 aliphatic rings. The lowest BCUT2D eigenvalue weighted by Gasteiger charge is -2.40. The van der Waals surface area contributed by atoms with Gasteiger partial charge in [-0.05, 0) is 63.2 Å². The summed E-state index contributed by atoms with van der Waals surface area (Å²) in [5.41, 5.74) is 3.62. The zero-order chi connectivity index (χ0) is 11.1. The van der Waals surface area contributed by atoms with Crippen LogP contribution in [0.3, 0.4) is 0 Å². The van der Waals surface area contributed by atoms with Crippen molar-refractivity contribution in [1.29, 1.82) is 0 Å². The average molecular weight is 204 g/mol. The quantitative estimate of drug-likeness (QED) is 0.542. The lowest BCUT2D eigenvalue weighted by Crippen LogP contribution is -2.30. The SMILES string of the molecule is C=C(C)[C@@H]1CC[C@@]2(C1)C(C)=CCC[C@H]2C. The summed E-state index contributed by atoms with van der Waals surface area (Å²) < 4.78 is 0. The summed E-state index contributed by atoms with van der Waals surface area (Å²) in [6.07, 6.45) is 9.30. The standard InChI is InChI=1S/C15H24/c1-11(2)14-8-9-15(10-14)12(3)6-5-7-13(15)4/h6,13-14H,1,5,7-10H2,2-4H3/t13-,14-,15-/m1/s1. The van der Waals surface area contributed by atoms with E-state index in [2.05, 4.69) is 33.4 Å². The molecule has 2 aliphatic carbocycles. The topological polar surface area (TPSA) is 0 Å². The first-order valence-corrected chi connectivity index (χ1v) is 6.39. The molecule has 0 aliphatic heterocycles. The van der Waals surface area contributed by atoms with Crippen molar-refractivity contribution in [3.05, 3.63) is 23.8 Å². The molecular weight excluding hydrogens is 180 g/mol. The highest BCUT2D eigenvalue weighted by molar-refractivity contribution is 5.21. The Bertz CT molecular complexity index is 297. The maximum Gasteiger partial charge on any atom is -0.00592 e. The largest absolute Gasteiger partial charge is 0.0999 e. The van der Waals surface area contributed by atoms with E-state index < -0.39 is 0 Å². The molecule has 0 aromatic rings. The predicted octanol–water partition coefficient (Wildman–Crippen LogP) is 4.73. The highest BCUT2D eigenvalue weighted by Crippen LogP contribution is 2.56. The van der Waals surface area contributed by atoms with Gasteiger partial charge in [-0.2, -0.15) is 0 Å². The Morgan fingerprint density at radius 2 is 2.20 bits per heavy atom. The fourth-order valence-electron chi connectivity index (χ4n) is 3.72. The second-order valence-corrected chi connectivity index (χ2v) is 5.81. The van der Waals surface area contributed by atoms with Crippen molar-refractivity contribution in [2.24, 2.45) is 17.3 Å². The zero-order valence-corrected chi connectivity index (χ0v) is 10.5.